The average Bonchev–Trinajstić information content (AvgIpc) is 2.63. The summed E-state index contributed by atoms with van der Waals surface area (Å²) >= 11 is 0. The van der Waals surface area contributed by atoms with Crippen molar-refractivity contribution >= 4 is 6.03 Å². The summed E-state index contributed by atoms with van der Waals surface area (Å²) in [7, 11) is 3.20. The Morgan fingerprint density at radius 1 is 1.04 bits per heavy atom. The lowest BCUT2D eigenvalue weighted by molar-refractivity contribution is 0.177. The number of urea groups is 1. The number of amides is 2. The molecule has 2 aromatic rings. The molecule has 2 N–H and O–H groups in total. The number of hydrogen-bond donors (Lipinski definition) is 2. The van der Waals surface area contributed by atoms with Crippen LogP contribution in [-0.2, 0) is 12.1 Å². The second-order valence-corrected chi connectivity index (χ2v) is 6.30. The van der Waals surface area contributed by atoms with Crippen molar-refractivity contribution in [2.45, 2.75) is 31.3 Å². The van der Waals surface area contributed by atoms with Gasteiger partial charge < -0.3 is 20.1 Å². The third-order valence-corrected chi connectivity index (χ3v) is 4.79. The highest BCUT2D eigenvalue weighted by molar-refractivity contribution is 5.75. The van der Waals surface area contributed by atoms with Gasteiger partial charge in [-0.3, -0.25) is 0 Å². The summed E-state index contributed by atoms with van der Waals surface area (Å²) in [5.41, 5.74) is 1.89. The highest BCUT2D eigenvalue weighted by Gasteiger charge is 2.39. The van der Waals surface area contributed by atoms with Crippen LogP contribution in [0.3, 0.4) is 0 Å². The van der Waals surface area contributed by atoms with E-state index >= 15 is 0 Å². The fourth-order valence-corrected chi connectivity index (χ4v) is 3.21. The Kier molecular flexibility index (Phi) is 5.12. The number of benzene rings is 2. The van der Waals surface area contributed by atoms with Crippen molar-refractivity contribution in [2.75, 3.05) is 14.2 Å². The third kappa shape index (κ3) is 3.71. The highest BCUT2D eigenvalue weighted by atomic mass is 16.5. The molecule has 0 spiro atoms. The largest absolute Gasteiger partial charge is 0.493 e. The van der Waals surface area contributed by atoms with Crippen LogP contribution in [0.1, 0.15) is 30.4 Å². The van der Waals surface area contributed by atoms with Crippen LogP contribution in [0.5, 0.6) is 11.5 Å². The Bertz CT molecular complexity index is 727. The normalized spacial score (nSPS) is 15.0. The molecule has 0 unspecified atom stereocenters. The smallest absolute Gasteiger partial charge is 0.315 e. The van der Waals surface area contributed by atoms with E-state index in [0.29, 0.717) is 18.0 Å². The van der Waals surface area contributed by atoms with Crippen molar-refractivity contribution < 1.29 is 14.3 Å². The summed E-state index contributed by atoms with van der Waals surface area (Å²) in [4.78, 5) is 12.4. The Morgan fingerprint density at radius 2 is 1.76 bits per heavy atom. The molecule has 1 saturated carbocycles. The van der Waals surface area contributed by atoms with Crippen LogP contribution in [0, 0.1) is 0 Å². The summed E-state index contributed by atoms with van der Waals surface area (Å²) in [6, 6.07) is 15.6. The van der Waals surface area contributed by atoms with Crippen molar-refractivity contribution in [2.24, 2.45) is 0 Å². The van der Waals surface area contributed by atoms with E-state index in [0.717, 1.165) is 24.8 Å². The number of carbonyl (C=O) groups is 1. The molecule has 1 aliphatic rings. The molecule has 5 heteroatoms. The molecule has 25 heavy (non-hydrogen) atoms. The van der Waals surface area contributed by atoms with E-state index in [1.165, 1.54) is 5.56 Å². The van der Waals surface area contributed by atoms with Gasteiger partial charge in [-0.25, -0.2) is 4.79 Å². The molecule has 0 atom stereocenters. The lowest BCUT2D eigenvalue weighted by Crippen LogP contribution is -2.53. The number of ether oxygens (including phenoxy) is 2. The minimum Gasteiger partial charge on any atom is -0.493 e. The van der Waals surface area contributed by atoms with Crippen LogP contribution in [0.4, 0.5) is 4.79 Å². The molecule has 132 valence electrons. The molecule has 2 aromatic carbocycles. The van der Waals surface area contributed by atoms with Gasteiger partial charge in [0.25, 0.3) is 0 Å². The van der Waals surface area contributed by atoms with Crippen molar-refractivity contribution in [1.82, 2.24) is 10.6 Å². The third-order valence-electron chi connectivity index (χ3n) is 4.79. The van der Waals surface area contributed by atoms with Crippen molar-refractivity contribution in [1.29, 1.82) is 0 Å². The summed E-state index contributed by atoms with van der Waals surface area (Å²) < 4.78 is 10.5. The number of nitrogens with one attached hydrogen (secondary N) is 2. The first-order chi connectivity index (χ1) is 12.2. The van der Waals surface area contributed by atoms with E-state index in [1.54, 1.807) is 14.2 Å². The van der Waals surface area contributed by atoms with Crippen LogP contribution in [-0.4, -0.2) is 20.3 Å². The number of carbonyl (C=O) groups excluding carboxylic acids is 1. The van der Waals surface area contributed by atoms with Gasteiger partial charge in [-0.2, -0.15) is 0 Å². The van der Waals surface area contributed by atoms with E-state index in [1.807, 2.05) is 36.4 Å². The molecule has 0 bridgehead atoms. The Hall–Kier alpha value is -2.69. The minimum atomic E-state index is -0.233. The highest BCUT2D eigenvalue weighted by Crippen LogP contribution is 2.41. The zero-order valence-electron chi connectivity index (χ0n) is 14.7. The Morgan fingerprint density at radius 3 is 2.36 bits per heavy atom. The molecular formula is C20H24N2O3. The van der Waals surface area contributed by atoms with Crippen molar-refractivity contribution in [3.8, 4) is 11.5 Å². The van der Waals surface area contributed by atoms with E-state index in [4.69, 9.17) is 9.47 Å². The molecule has 0 aromatic heterocycles. The van der Waals surface area contributed by atoms with Crippen LogP contribution in [0.2, 0.25) is 0 Å². The standard InChI is InChI=1S/C20H24N2O3/c1-24-17-10-9-15(13-18(17)25-2)14-21-19(23)22-20(11-6-12-20)16-7-4-3-5-8-16/h3-5,7-10,13H,6,11-12,14H2,1-2H3,(H2,21,22,23). The Labute approximate surface area is 148 Å². The van der Waals surface area contributed by atoms with Gasteiger partial charge in [-0.15, -0.1) is 0 Å². The molecule has 1 aliphatic carbocycles. The predicted octanol–water partition coefficient (Wildman–Crippen LogP) is 3.58. The minimum absolute atomic E-state index is 0.154. The number of rotatable bonds is 6. The first-order valence-electron chi connectivity index (χ1n) is 8.49. The van der Waals surface area contributed by atoms with E-state index in [9.17, 15) is 4.79 Å². The first-order valence-corrected chi connectivity index (χ1v) is 8.49. The molecule has 3 rings (SSSR count). The molecule has 0 heterocycles. The van der Waals surface area contributed by atoms with Crippen molar-refractivity contribution in [3.63, 3.8) is 0 Å². The van der Waals surface area contributed by atoms with Gasteiger partial charge in [0.05, 0.1) is 19.8 Å². The van der Waals surface area contributed by atoms with Gasteiger partial charge in [0.15, 0.2) is 11.5 Å². The van der Waals surface area contributed by atoms with E-state index in [2.05, 4.69) is 22.8 Å². The van der Waals surface area contributed by atoms with Gasteiger partial charge in [-0.1, -0.05) is 36.4 Å². The number of hydrogen-bond acceptors (Lipinski definition) is 3. The fraction of sp³-hybridized carbons (Fsp3) is 0.350. The first kappa shape index (κ1) is 17.1. The maximum Gasteiger partial charge on any atom is 0.315 e. The predicted molar refractivity (Wildman–Crippen MR) is 96.9 cm³/mol. The van der Waals surface area contributed by atoms with Gasteiger partial charge in [-0.05, 0) is 42.5 Å². The SMILES string of the molecule is COc1ccc(CNC(=O)NC2(c3ccccc3)CCC2)cc1OC. The van der Waals surface area contributed by atoms with Crippen LogP contribution < -0.4 is 20.1 Å². The fourth-order valence-electron chi connectivity index (χ4n) is 3.21. The summed E-state index contributed by atoms with van der Waals surface area (Å²) in [5, 5.41) is 6.10. The molecule has 2 amide bonds. The summed E-state index contributed by atoms with van der Waals surface area (Å²) in [6.07, 6.45) is 3.08. The number of methoxy groups -OCH3 is 2. The van der Waals surface area contributed by atoms with Gasteiger partial charge in [0.1, 0.15) is 0 Å². The van der Waals surface area contributed by atoms with Gasteiger partial charge >= 0.3 is 6.03 Å². The van der Waals surface area contributed by atoms with Crippen LogP contribution in [0.25, 0.3) is 0 Å². The molecular weight excluding hydrogens is 316 g/mol. The maximum absolute atomic E-state index is 12.4. The van der Waals surface area contributed by atoms with Crippen LogP contribution in [0.15, 0.2) is 48.5 Å². The quantitative estimate of drug-likeness (QED) is 0.845. The lowest BCUT2D eigenvalue weighted by Gasteiger charge is -2.43. The monoisotopic (exact) mass is 340 g/mol. The zero-order chi connectivity index (χ0) is 17.7. The van der Waals surface area contributed by atoms with Crippen molar-refractivity contribution in [3.05, 3.63) is 59.7 Å². The summed E-state index contributed by atoms with van der Waals surface area (Å²) in [5.74, 6) is 1.33. The topological polar surface area (TPSA) is 59.6 Å². The van der Waals surface area contributed by atoms with Gasteiger partial charge in [0.2, 0.25) is 0 Å². The Balaban J connectivity index is 1.61. The van der Waals surface area contributed by atoms with Gasteiger partial charge in [0, 0.05) is 6.54 Å². The van der Waals surface area contributed by atoms with Crippen LogP contribution >= 0.6 is 0 Å². The van der Waals surface area contributed by atoms with E-state index < -0.39 is 0 Å². The average molecular weight is 340 g/mol. The molecule has 0 aliphatic heterocycles. The molecule has 0 radical (unpaired) electrons. The second kappa shape index (κ2) is 7.47. The zero-order valence-corrected chi connectivity index (χ0v) is 14.7. The summed E-state index contributed by atoms with van der Waals surface area (Å²) in [6.45, 7) is 0.428. The van der Waals surface area contributed by atoms with E-state index in [-0.39, 0.29) is 11.6 Å². The second-order valence-electron chi connectivity index (χ2n) is 6.30. The molecule has 1 fully saturated rings. The molecule has 0 saturated heterocycles. The molecule has 5 nitrogen and oxygen atoms in total. The maximum atomic E-state index is 12.4. The lowest BCUT2D eigenvalue weighted by atomic mass is 9.72.